The maximum Gasteiger partial charge on any atom is 0.411 e. The first-order valence-corrected chi connectivity index (χ1v) is 4.10. The second-order valence-corrected chi connectivity index (χ2v) is 2.71. The molecule has 7 heteroatoms. The van der Waals surface area contributed by atoms with E-state index < -0.39 is 18.9 Å². The molecule has 1 unspecified atom stereocenters. The monoisotopic (exact) mass is 217 g/mol. The molecule has 0 radical (unpaired) electrons. The Morgan fingerprint density at radius 1 is 1.36 bits per heavy atom. The normalized spacial score (nSPS) is 14.4. The Bertz CT molecular complexity index is 143. The highest BCUT2D eigenvalue weighted by Crippen LogP contribution is 2.13. The van der Waals surface area contributed by atoms with Gasteiger partial charge in [-0.05, 0) is 0 Å². The van der Waals surface area contributed by atoms with Crippen molar-refractivity contribution in [2.24, 2.45) is 0 Å². The highest BCUT2D eigenvalue weighted by atomic mass is 19.4. The van der Waals surface area contributed by atoms with Gasteiger partial charge in [0.25, 0.3) is 0 Å². The Labute approximate surface area is 79.7 Å². The van der Waals surface area contributed by atoms with Crippen LogP contribution in [0, 0.1) is 0 Å². The van der Waals surface area contributed by atoms with Crippen LogP contribution in [0.25, 0.3) is 0 Å². The van der Waals surface area contributed by atoms with Crippen LogP contribution in [-0.4, -0.2) is 55.4 Å². The molecule has 0 rings (SSSR count). The summed E-state index contributed by atoms with van der Waals surface area (Å²) in [5.74, 6) is 0. The SMILES string of the molecule is OCC(O)CNCCOCC(F)(F)F. The highest BCUT2D eigenvalue weighted by molar-refractivity contribution is 4.56. The van der Waals surface area contributed by atoms with E-state index in [4.69, 9.17) is 10.2 Å². The standard InChI is InChI=1S/C7H14F3NO3/c8-7(9,10)5-14-2-1-11-3-6(13)4-12/h6,11-13H,1-5H2. The molecule has 1 atom stereocenters. The first kappa shape index (κ1) is 13.6. The van der Waals surface area contributed by atoms with Crippen molar-refractivity contribution in [2.75, 3.05) is 32.9 Å². The number of aliphatic hydroxyl groups excluding tert-OH is 2. The number of hydrogen-bond acceptors (Lipinski definition) is 4. The van der Waals surface area contributed by atoms with Crippen molar-refractivity contribution in [1.29, 1.82) is 0 Å². The first-order chi connectivity index (χ1) is 6.45. The van der Waals surface area contributed by atoms with E-state index in [1.54, 1.807) is 0 Å². The quantitative estimate of drug-likeness (QED) is 0.503. The van der Waals surface area contributed by atoms with Gasteiger partial charge in [0.2, 0.25) is 0 Å². The smallest absolute Gasteiger partial charge is 0.394 e. The fourth-order valence-electron chi connectivity index (χ4n) is 0.665. The van der Waals surface area contributed by atoms with E-state index in [0.717, 1.165) is 0 Å². The molecule has 0 fully saturated rings. The van der Waals surface area contributed by atoms with Gasteiger partial charge in [0, 0.05) is 13.1 Å². The minimum Gasteiger partial charge on any atom is -0.394 e. The summed E-state index contributed by atoms with van der Waals surface area (Å²) in [4.78, 5) is 0. The molecular weight excluding hydrogens is 203 g/mol. The summed E-state index contributed by atoms with van der Waals surface area (Å²) in [5.41, 5.74) is 0. The van der Waals surface area contributed by atoms with Crippen molar-refractivity contribution < 1.29 is 28.1 Å². The Kier molecular flexibility index (Phi) is 6.81. The van der Waals surface area contributed by atoms with E-state index in [9.17, 15) is 13.2 Å². The van der Waals surface area contributed by atoms with Gasteiger partial charge >= 0.3 is 6.18 Å². The van der Waals surface area contributed by atoms with Gasteiger partial charge < -0.3 is 20.3 Å². The summed E-state index contributed by atoms with van der Waals surface area (Å²) in [6, 6.07) is 0. The Balaban J connectivity index is 3.14. The van der Waals surface area contributed by atoms with E-state index in [0.29, 0.717) is 0 Å². The van der Waals surface area contributed by atoms with E-state index in [1.165, 1.54) is 0 Å². The Morgan fingerprint density at radius 2 is 2.00 bits per heavy atom. The lowest BCUT2D eigenvalue weighted by atomic mass is 10.4. The van der Waals surface area contributed by atoms with Crippen LogP contribution in [0.2, 0.25) is 0 Å². The molecule has 3 N–H and O–H groups in total. The molecule has 0 spiro atoms. The van der Waals surface area contributed by atoms with Crippen molar-refractivity contribution in [3.8, 4) is 0 Å². The lowest BCUT2D eigenvalue weighted by Crippen LogP contribution is -2.32. The lowest BCUT2D eigenvalue weighted by Gasteiger charge is -2.10. The predicted molar refractivity (Wildman–Crippen MR) is 42.8 cm³/mol. The second-order valence-electron chi connectivity index (χ2n) is 2.71. The van der Waals surface area contributed by atoms with Crippen LogP contribution in [0.1, 0.15) is 0 Å². The molecule has 0 aliphatic heterocycles. The molecule has 4 nitrogen and oxygen atoms in total. The summed E-state index contributed by atoms with van der Waals surface area (Å²) in [6.07, 6.45) is -5.19. The summed E-state index contributed by atoms with van der Waals surface area (Å²) >= 11 is 0. The van der Waals surface area contributed by atoms with E-state index >= 15 is 0 Å². The summed E-state index contributed by atoms with van der Waals surface area (Å²) in [5, 5.41) is 19.8. The van der Waals surface area contributed by atoms with Crippen molar-refractivity contribution in [3.63, 3.8) is 0 Å². The van der Waals surface area contributed by atoms with Crippen LogP contribution in [-0.2, 0) is 4.74 Å². The molecule has 0 amide bonds. The number of hydrogen-bond donors (Lipinski definition) is 3. The van der Waals surface area contributed by atoms with E-state index in [-0.39, 0.29) is 26.3 Å². The zero-order chi connectivity index (χ0) is 11.0. The largest absolute Gasteiger partial charge is 0.411 e. The predicted octanol–water partition coefficient (Wildman–Crippen LogP) is -0.492. The zero-order valence-electron chi connectivity index (χ0n) is 7.55. The highest BCUT2D eigenvalue weighted by Gasteiger charge is 2.27. The summed E-state index contributed by atoms with van der Waals surface area (Å²) in [7, 11) is 0. The maximum absolute atomic E-state index is 11.5. The molecule has 0 aromatic heterocycles. The van der Waals surface area contributed by atoms with Gasteiger partial charge in [-0.1, -0.05) is 0 Å². The molecule has 0 saturated carbocycles. The van der Waals surface area contributed by atoms with Crippen LogP contribution >= 0.6 is 0 Å². The number of nitrogens with one attached hydrogen (secondary N) is 1. The molecular formula is C7H14F3NO3. The van der Waals surface area contributed by atoms with Crippen LogP contribution in [0.5, 0.6) is 0 Å². The number of ether oxygens (including phenoxy) is 1. The number of aliphatic hydroxyl groups is 2. The van der Waals surface area contributed by atoms with Crippen LogP contribution in [0.3, 0.4) is 0 Å². The fourth-order valence-corrected chi connectivity index (χ4v) is 0.665. The van der Waals surface area contributed by atoms with Gasteiger partial charge in [-0.15, -0.1) is 0 Å². The topological polar surface area (TPSA) is 61.7 Å². The lowest BCUT2D eigenvalue weighted by molar-refractivity contribution is -0.173. The molecule has 0 aliphatic carbocycles. The van der Waals surface area contributed by atoms with Gasteiger partial charge in [-0.25, -0.2) is 0 Å². The minimum absolute atomic E-state index is 0.0857. The van der Waals surface area contributed by atoms with Crippen molar-refractivity contribution in [3.05, 3.63) is 0 Å². The van der Waals surface area contributed by atoms with Crippen molar-refractivity contribution in [2.45, 2.75) is 12.3 Å². The molecule has 14 heavy (non-hydrogen) atoms. The third-order valence-corrected chi connectivity index (χ3v) is 1.28. The average molecular weight is 217 g/mol. The second kappa shape index (κ2) is 6.99. The summed E-state index contributed by atoms with van der Waals surface area (Å²) < 4.78 is 38.9. The molecule has 0 aromatic carbocycles. The molecule has 0 bridgehead atoms. The zero-order valence-corrected chi connectivity index (χ0v) is 7.55. The third-order valence-electron chi connectivity index (χ3n) is 1.28. The summed E-state index contributed by atoms with van der Waals surface area (Å²) in [6.45, 7) is -1.40. The van der Waals surface area contributed by atoms with Crippen LogP contribution < -0.4 is 5.32 Å². The van der Waals surface area contributed by atoms with Crippen molar-refractivity contribution >= 4 is 0 Å². The molecule has 0 aromatic rings. The molecule has 0 saturated heterocycles. The molecule has 86 valence electrons. The molecule has 0 aliphatic rings. The Morgan fingerprint density at radius 3 is 2.50 bits per heavy atom. The van der Waals surface area contributed by atoms with Crippen molar-refractivity contribution in [1.82, 2.24) is 5.32 Å². The van der Waals surface area contributed by atoms with Gasteiger partial charge in [0.15, 0.2) is 0 Å². The van der Waals surface area contributed by atoms with Crippen LogP contribution in [0.4, 0.5) is 13.2 Å². The minimum atomic E-state index is -4.30. The van der Waals surface area contributed by atoms with Gasteiger partial charge in [0.05, 0.1) is 19.3 Å². The number of rotatable bonds is 7. The van der Waals surface area contributed by atoms with Crippen LogP contribution in [0.15, 0.2) is 0 Å². The number of alkyl halides is 3. The van der Waals surface area contributed by atoms with Gasteiger partial charge in [-0.2, -0.15) is 13.2 Å². The van der Waals surface area contributed by atoms with Gasteiger partial charge in [-0.3, -0.25) is 0 Å². The third kappa shape index (κ3) is 9.72. The average Bonchev–Trinajstić information content (AvgIpc) is 2.08. The Hall–Kier alpha value is -0.370. The van der Waals surface area contributed by atoms with E-state index in [1.807, 2.05) is 0 Å². The number of halogens is 3. The maximum atomic E-state index is 11.5. The first-order valence-electron chi connectivity index (χ1n) is 4.10. The van der Waals surface area contributed by atoms with E-state index in [2.05, 4.69) is 10.1 Å². The van der Waals surface area contributed by atoms with Gasteiger partial charge in [0.1, 0.15) is 6.61 Å². The fraction of sp³-hybridized carbons (Fsp3) is 1.00. The molecule has 0 heterocycles.